The summed E-state index contributed by atoms with van der Waals surface area (Å²) in [7, 11) is 3.66. The topological polar surface area (TPSA) is 38.1 Å². The molecule has 0 radical (unpaired) electrons. The summed E-state index contributed by atoms with van der Waals surface area (Å²) >= 11 is 1.79. The second-order valence-corrected chi connectivity index (χ2v) is 7.36. The number of aromatic nitrogens is 2. The highest BCUT2D eigenvalue weighted by molar-refractivity contribution is 7.10. The van der Waals surface area contributed by atoms with E-state index in [0.717, 1.165) is 11.1 Å². The number of likely N-dealkylation sites (N-methyl/N-ethyl adjacent to an activating group) is 1. The van der Waals surface area contributed by atoms with Crippen LogP contribution >= 0.6 is 11.3 Å². The molecule has 0 fully saturated rings. The fourth-order valence-corrected chi connectivity index (χ4v) is 3.55. The minimum Gasteiger partial charge on any atom is -0.371 e. The normalized spacial score (nSPS) is 10.6. The first-order valence-electron chi connectivity index (χ1n) is 8.09. The highest BCUT2D eigenvalue weighted by Crippen LogP contribution is 2.31. The zero-order valence-corrected chi connectivity index (χ0v) is 15.7. The third kappa shape index (κ3) is 3.58. The van der Waals surface area contributed by atoms with Gasteiger partial charge in [0, 0.05) is 30.7 Å². The lowest BCUT2D eigenvalue weighted by molar-refractivity contribution is 0.455. The number of carbonyl (C=O) groups excluding carboxylic acids is 1. The molecule has 25 heavy (non-hydrogen) atoms. The van der Waals surface area contributed by atoms with Gasteiger partial charge in [0.25, 0.3) is 0 Å². The molecule has 3 rings (SSSR count). The Labute approximate surface area is 152 Å². The fourth-order valence-electron chi connectivity index (χ4n) is 2.66. The Balaban J connectivity index is 1.81. The molecule has 0 bridgehead atoms. The molecule has 0 aliphatic heterocycles. The third-order valence-electron chi connectivity index (χ3n) is 4.42. The van der Waals surface area contributed by atoms with E-state index in [4.69, 9.17) is 0 Å². The van der Waals surface area contributed by atoms with Crippen molar-refractivity contribution in [2.45, 2.75) is 20.4 Å². The Bertz CT molecular complexity index is 928. The van der Waals surface area contributed by atoms with Crippen molar-refractivity contribution in [1.29, 1.82) is 0 Å². The quantitative estimate of drug-likeness (QED) is 0.648. The second kappa shape index (κ2) is 7.09. The Morgan fingerprint density at radius 1 is 1.16 bits per heavy atom. The van der Waals surface area contributed by atoms with E-state index in [1.54, 1.807) is 20.9 Å². The van der Waals surface area contributed by atoms with Gasteiger partial charge in [-0.1, -0.05) is 24.3 Å². The number of aryl methyl sites for hydroxylation is 1. The zero-order chi connectivity index (χ0) is 18.0. The summed E-state index contributed by atoms with van der Waals surface area (Å²) in [6, 6.07) is 8.53. The van der Waals surface area contributed by atoms with E-state index in [2.05, 4.69) is 48.6 Å². The van der Waals surface area contributed by atoms with Crippen LogP contribution in [0, 0.1) is 13.8 Å². The highest BCUT2D eigenvalue weighted by Gasteiger charge is 2.09. The van der Waals surface area contributed by atoms with E-state index >= 15 is 0 Å². The molecular formula is C20H21N3OS. The lowest BCUT2D eigenvalue weighted by Gasteiger charge is -2.12. The summed E-state index contributed by atoms with van der Waals surface area (Å²) in [4.78, 5) is 14.1. The van der Waals surface area contributed by atoms with Gasteiger partial charge in [-0.15, -0.1) is 11.3 Å². The second-order valence-electron chi connectivity index (χ2n) is 6.28. The maximum absolute atomic E-state index is 11.0. The maximum Gasteiger partial charge on any atom is 0.147 e. The molecule has 1 aromatic carbocycles. The predicted molar refractivity (Wildman–Crippen MR) is 103 cm³/mol. The smallest absolute Gasteiger partial charge is 0.147 e. The van der Waals surface area contributed by atoms with E-state index in [0.29, 0.717) is 12.2 Å². The molecule has 0 N–H and O–H groups in total. The van der Waals surface area contributed by atoms with E-state index in [9.17, 15) is 4.79 Å². The molecule has 128 valence electrons. The Morgan fingerprint density at radius 3 is 2.40 bits per heavy atom. The van der Waals surface area contributed by atoms with Gasteiger partial charge in [-0.3, -0.25) is 4.68 Å². The lowest BCUT2D eigenvalue weighted by Crippen LogP contribution is -2.17. The van der Waals surface area contributed by atoms with Crippen LogP contribution in [-0.4, -0.2) is 34.7 Å². The Morgan fingerprint density at radius 2 is 1.84 bits per heavy atom. The SMILES string of the molecule is Cc1scc(-c2ccc(-c3cnn(CC(=C=O)N(C)C)c3)cc2)c1C. The van der Waals surface area contributed by atoms with Crippen molar-refractivity contribution in [3.63, 3.8) is 0 Å². The average Bonchev–Trinajstić information content (AvgIpc) is 3.20. The Kier molecular flexibility index (Phi) is 4.88. The van der Waals surface area contributed by atoms with Crippen LogP contribution in [0.1, 0.15) is 10.4 Å². The van der Waals surface area contributed by atoms with Crippen molar-refractivity contribution in [1.82, 2.24) is 14.7 Å². The van der Waals surface area contributed by atoms with Gasteiger partial charge in [-0.25, -0.2) is 4.79 Å². The molecule has 0 unspecified atom stereocenters. The summed E-state index contributed by atoms with van der Waals surface area (Å²) in [5.74, 6) is 1.96. The van der Waals surface area contributed by atoms with Gasteiger partial charge in [0.05, 0.1) is 12.7 Å². The molecular weight excluding hydrogens is 330 g/mol. The van der Waals surface area contributed by atoms with Crippen LogP contribution in [0.15, 0.2) is 47.7 Å². The van der Waals surface area contributed by atoms with Crippen LogP contribution in [-0.2, 0) is 11.3 Å². The van der Waals surface area contributed by atoms with Gasteiger partial charge in [-0.05, 0) is 41.5 Å². The average molecular weight is 351 g/mol. The van der Waals surface area contributed by atoms with Crippen molar-refractivity contribution in [2.75, 3.05) is 14.1 Å². The van der Waals surface area contributed by atoms with Crippen LogP contribution in [0.3, 0.4) is 0 Å². The van der Waals surface area contributed by atoms with Crippen molar-refractivity contribution >= 4 is 17.3 Å². The number of nitrogens with zero attached hydrogens (tertiary/aromatic N) is 3. The molecule has 2 aromatic heterocycles. The van der Waals surface area contributed by atoms with Gasteiger partial charge in [0.15, 0.2) is 0 Å². The van der Waals surface area contributed by atoms with E-state index in [-0.39, 0.29) is 0 Å². The first-order valence-corrected chi connectivity index (χ1v) is 8.97. The lowest BCUT2D eigenvalue weighted by atomic mass is 10.0. The van der Waals surface area contributed by atoms with Gasteiger partial charge in [-0.2, -0.15) is 5.10 Å². The first kappa shape index (κ1) is 17.2. The number of allylic oxidation sites excluding steroid dienone is 1. The maximum atomic E-state index is 11.0. The van der Waals surface area contributed by atoms with Crippen molar-refractivity contribution < 1.29 is 4.79 Å². The largest absolute Gasteiger partial charge is 0.371 e. The molecule has 4 nitrogen and oxygen atoms in total. The van der Waals surface area contributed by atoms with Gasteiger partial charge < -0.3 is 4.90 Å². The minimum absolute atomic E-state index is 0.419. The molecule has 3 aromatic rings. The van der Waals surface area contributed by atoms with E-state index < -0.39 is 0 Å². The van der Waals surface area contributed by atoms with Crippen LogP contribution in [0.4, 0.5) is 0 Å². The molecule has 0 amide bonds. The van der Waals surface area contributed by atoms with Crippen LogP contribution in [0.5, 0.6) is 0 Å². The number of hydrogen-bond donors (Lipinski definition) is 0. The van der Waals surface area contributed by atoms with Crippen LogP contribution in [0.25, 0.3) is 22.3 Å². The van der Waals surface area contributed by atoms with Crippen LogP contribution < -0.4 is 0 Å². The molecule has 5 heteroatoms. The molecule has 2 heterocycles. The Hall–Kier alpha value is -2.62. The number of benzene rings is 1. The minimum atomic E-state index is 0.419. The summed E-state index contributed by atoms with van der Waals surface area (Å²) < 4.78 is 1.76. The number of rotatable bonds is 5. The monoisotopic (exact) mass is 351 g/mol. The summed E-state index contributed by atoms with van der Waals surface area (Å²) in [5.41, 5.74) is 6.60. The number of thiophene rings is 1. The van der Waals surface area contributed by atoms with Gasteiger partial charge >= 0.3 is 0 Å². The summed E-state index contributed by atoms with van der Waals surface area (Å²) in [6.45, 7) is 4.74. The summed E-state index contributed by atoms with van der Waals surface area (Å²) in [6.07, 6.45) is 3.78. The van der Waals surface area contributed by atoms with Crippen molar-refractivity contribution in [3.05, 3.63) is 58.2 Å². The van der Waals surface area contributed by atoms with E-state index in [1.165, 1.54) is 21.6 Å². The molecule has 0 aliphatic rings. The molecule has 0 atom stereocenters. The first-order chi connectivity index (χ1) is 12.0. The molecule has 0 aliphatic carbocycles. The molecule has 0 saturated heterocycles. The zero-order valence-electron chi connectivity index (χ0n) is 14.9. The van der Waals surface area contributed by atoms with E-state index in [1.807, 2.05) is 32.4 Å². The standard InChI is InChI=1S/C20H21N3OS/c1-14-15(2)25-13-20(14)17-7-5-16(6-8-17)18-9-21-23(10-18)11-19(12-24)22(3)4/h5-10,13H,11H2,1-4H3. The predicted octanol–water partition coefficient (Wildman–Crippen LogP) is 4.17. The van der Waals surface area contributed by atoms with Gasteiger partial charge in [0.2, 0.25) is 0 Å². The van der Waals surface area contributed by atoms with Crippen LogP contribution in [0.2, 0.25) is 0 Å². The highest BCUT2D eigenvalue weighted by atomic mass is 32.1. The summed E-state index contributed by atoms with van der Waals surface area (Å²) in [5, 5.41) is 6.57. The molecule has 0 saturated carbocycles. The van der Waals surface area contributed by atoms with Gasteiger partial charge in [0.1, 0.15) is 11.6 Å². The third-order valence-corrected chi connectivity index (χ3v) is 5.43. The molecule has 0 spiro atoms. The number of hydrogen-bond acceptors (Lipinski definition) is 4. The fraction of sp³-hybridized carbons (Fsp3) is 0.250. The van der Waals surface area contributed by atoms with Crippen molar-refractivity contribution in [3.8, 4) is 22.3 Å². The van der Waals surface area contributed by atoms with Crippen molar-refractivity contribution in [2.24, 2.45) is 0 Å².